The van der Waals surface area contributed by atoms with Gasteiger partial charge in [0.2, 0.25) is 0 Å². The summed E-state index contributed by atoms with van der Waals surface area (Å²) < 4.78 is 4.60. The standard InChI is InChI=1S/C13H27NO2/c1-4-5-6-7-8-11-14(2)12-9-10-13(15)16-3/h4-12H2,1-3H3. The molecule has 0 aromatic carbocycles. The average Bonchev–Trinajstić information content (AvgIpc) is 2.28. The summed E-state index contributed by atoms with van der Waals surface area (Å²) in [6.07, 6.45) is 8.05. The van der Waals surface area contributed by atoms with Crippen LogP contribution in [0, 0.1) is 0 Å². The minimum atomic E-state index is -0.101. The maximum absolute atomic E-state index is 10.9. The van der Waals surface area contributed by atoms with Gasteiger partial charge in [0.1, 0.15) is 0 Å². The lowest BCUT2D eigenvalue weighted by atomic mass is 10.1. The van der Waals surface area contributed by atoms with E-state index in [4.69, 9.17) is 0 Å². The molecule has 0 saturated carbocycles. The molecular formula is C13H27NO2. The van der Waals surface area contributed by atoms with Gasteiger partial charge in [0, 0.05) is 6.42 Å². The monoisotopic (exact) mass is 229 g/mol. The van der Waals surface area contributed by atoms with E-state index in [1.165, 1.54) is 39.2 Å². The van der Waals surface area contributed by atoms with E-state index in [1.54, 1.807) is 0 Å². The molecule has 0 amide bonds. The molecular weight excluding hydrogens is 202 g/mol. The van der Waals surface area contributed by atoms with Gasteiger partial charge in [-0.1, -0.05) is 32.6 Å². The summed E-state index contributed by atoms with van der Waals surface area (Å²) >= 11 is 0. The molecule has 0 unspecified atom stereocenters. The highest BCUT2D eigenvalue weighted by Gasteiger charge is 2.02. The Morgan fingerprint density at radius 1 is 1.06 bits per heavy atom. The summed E-state index contributed by atoms with van der Waals surface area (Å²) in [6.45, 7) is 4.37. The summed E-state index contributed by atoms with van der Waals surface area (Å²) in [7, 11) is 3.57. The summed E-state index contributed by atoms with van der Waals surface area (Å²) in [5, 5.41) is 0. The van der Waals surface area contributed by atoms with Gasteiger partial charge < -0.3 is 9.64 Å². The number of carbonyl (C=O) groups excluding carboxylic acids is 1. The third kappa shape index (κ3) is 9.97. The van der Waals surface area contributed by atoms with Gasteiger partial charge in [0.05, 0.1) is 7.11 Å². The molecule has 0 bridgehead atoms. The number of nitrogens with zero attached hydrogens (tertiary/aromatic N) is 1. The second-order valence-electron chi connectivity index (χ2n) is 4.40. The fourth-order valence-corrected chi connectivity index (χ4v) is 1.69. The molecule has 0 atom stereocenters. The van der Waals surface area contributed by atoms with Gasteiger partial charge >= 0.3 is 5.97 Å². The molecule has 0 N–H and O–H groups in total. The van der Waals surface area contributed by atoms with Crippen molar-refractivity contribution < 1.29 is 9.53 Å². The van der Waals surface area contributed by atoms with Crippen LogP contribution in [0.5, 0.6) is 0 Å². The molecule has 0 rings (SSSR count). The molecule has 3 heteroatoms. The SMILES string of the molecule is CCCCCCCN(C)CCCC(=O)OC. The summed E-state index contributed by atoms with van der Waals surface area (Å²) in [4.78, 5) is 13.2. The molecule has 16 heavy (non-hydrogen) atoms. The van der Waals surface area contributed by atoms with Gasteiger partial charge in [0.15, 0.2) is 0 Å². The molecule has 0 fully saturated rings. The molecule has 0 saturated heterocycles. The molecule has 0 aliphatic carbocycles. The van der Waals surface area contributed by atoms with Crippen molar-refractivity contribution in [1.82, 2.24) is 4.90 Å². The molecule has 3 nitrogen and oxygen atoms in total. The quantitative estimate of drug-likeness (QED) is 0.426. The zero-order valence-corrected chi connectivity index (χ0v) is 11.1. The zero-order chi connectivity index (χ0) is 12.2. The van der Waals surface area contributed by atoms with Crippen molar-refractivity contribution in [2.75, 3.05) is 27.2 Å². The number of unbranched alkanes of at least 4 members (excludes halogenated alkanes) is 4. The maximum Gasteiger partial charge on any atom is 0.305 e. The number of ether oxygens (including phenoxy) is 1. The van der Waals surface area contributed by atoms with Crippen molar-refractivity contribution in [3.8, 4) is 0 Å². The van der Waals surface area contributed by atoms with E-state index in [-0.39, 0.29) is 5.97 Å². The molecule has 0 aromatic rings. The van der Waals surface area contributed by atoms with Crippen LogP contribution in [0.15, 0.2) is 0 Å². The highest BCUT2D eigenvalue weighted by Crippen LogP contribution is 2.03. The molecule has 0 aliphatic rings. The number of methoxy groups -OCH3 is 1. The van der Waals surface area contributed by atoms with Gasteiger partial charge in [-0.25, -0.2) is 0 Å². The smallest absolute Gasteiger partial charge is 0.305 e. The van der Waals surface area contributed by atoms with Gasteiger partial charge in [-0.05, 0) is 33.0 Å². The third-order valence-electron chi connectivity index (χ3n) is 2.79. The molecule has 0 spiro atoms. The van der Waals surface area contributed by atoms with Crippen molar-refractivity contribution in [2.24, 2.45) is 0 Å². The Hall–Kier alpha value is -0.570. The Morgan fingerprint density at radius 2 is 1.69 bits per heavy atom. The van der Waals surface area contributed by atoms with Crippen LogP contribution in [-0.4, -0.2) is 38.1 Å². The van der Waals surface area contributed by atoms with Crippen LogP contribution in [0.25, 0.3) is 0 Å². The van der Waals surface area contributed by atoms with Crippen LogP contribution in [0.2, 0.25) is 0 Å². The first kappa shape index (κ1) is 15.4. The van der Waals surface area contributed by atoms with E-state index in [0.717, 1.165) is 19.5 Å². The van der Waals surface area contributed by atoms with Crippen molar-refractivity contribution in [1.29, 1.82) is 0 Å². The van der Waals surface area contributed by atoms with E-state index in [0.29, 0.717) is 6.42 Å². The van der Waals surface area contributed by atoms with Crippen LogP contribution in [0.4, 0.5) is 0 Å². The fraction of sp³-hybridized carbons (Fsp3) is 0.923. The van der Waals surface area contributed by atoms with E-state index < -0.39 is 0 Å². The first-order valence-electron chi connectivity index (χ1n) is 6.46. The van der Waals surface area contributed by atoms with Crippen molar-refractivity contribution >= 4 is 5.97 Å². The minimum absolute atomic E-state index is 0.101. The fourth-order valence-electron chi connectivity index (χ4n) is 1.69. The molecule has 0 radical (unpaired) electrons. The van der Waals surface area contributed by atoms with Gasteiger partial charge in [-0.2, -0.15) is 0 Å². The van der Waals surface area contributed by atoms with Crippen LogP contribution in [0.3, 0.4) is 0 Å². The van der Waals surface area contributed by atoms with Gasteiger partial charge in [-0.15, -0.1) is 0 Å². The highest BCUT2D eigenvalue weighted by atomic mass is 16.5. The highest BCUT2D eigenvalue weighted by molar-refractivity contribution is 5.69. The third-order valence-corrected chi connectivity index (χ3v) is 2.79. The molecule has 0 aliphatic heterocycles. The number of hydrogen-bond acceptors (Lipinski definition) is 3. The van der Waals surface area contributed by atoms with Crippen LogP contribution in [-0.2, 0) is 9.53 Å². The Kier molecular flexibility index (Phi) is 10.5. The largest absolute Gasteiger partial charge is 0.469 e. The van der Waals surface area contributed by atoms with Gasteiger partial charge in [0.25, 0.3) is 0 Å². The Labute approximate surface area is 100 Å². The van der Waals surface area contributed by atoms with E-state index in [1.807, 2.05) is 0 Å². The van der Waals surface area contributed by atoms with Crippen molar-refractivity contribution in [3.63, 3.8) is 0 Å². The summed E-state index contributed by atoms with van der Waals surface area (Å²) in [6, 6.07) is 0. The Bertz CT molecular complexity index is 171. The van der Waals surface area contributed by atoms with Crippen LogP contribution < -0.4 is 0 Å². The maximum atomic E-state index is 10.9. The predicted molar refractivity (Wildman–Crippen MR) is 67.5 cm³/mol. The predicted octanol–water partition coefficient (Wildman–Crippen LogP) is 2.84. The molecule has 96 valence electrons. The zero-order valence-electron chi connectivity index (χ0n) is 11.1. The number of esters is 1. The van der Waals surface area contributed by atoms with Crippen molar-refractivity contribution in [2.45, 2.75) is 51.9 Å². The first-order chi connectivity index (χ1) is 7.70. The van der Waals surface area contributed by atoms with E-state index in [9.17, 15) is 4.79 Å². The van der Waals surface area contributed by atoms with Crippen LogP contribution in [0.1, 0.15) is 51.9 Å². The Balaban J connectivity index is 3.24. The van der Waals surface area contributed by atoms with Gasteiger partial charge in [-0.3, -0.25) is 4.79 Å². The number of rotatable bonds is 10. The van der Waals surface area contributed by atoms with E-state index >= 15 is 0 Å². The molecule has 0 aromatic heterocycles. The number of carbonyl (C=O) groups is 1. The lowest BCUT2D eigenvalue weighted by Crippen LogP contribution is -2.21. The summed E-state index contributed by atoms with van der Waals surface area (Å²) in [5.41, 5.74) is 0. The first-order valence-corrected chi connectivity index (χ1v) is 6.46. The second kappa shape index (κ2) is 10.9. The van der Waals surface area contributed by atoms with E-state index in [2.05, 4.69) is 23.6 Å². The van der Waals surface area contributed by atoms with Crippen LogP contribution >= 0.6 is 0 Å². The van der Waals surface area contributed by atoms with Crippen molar-refractivity contribution in [3.05, 3.63) is 0 Å². The molecule has 0 heterocycles. The lowest BCUT2D eigenvalue weighted by Gasteiger charge is -2.15. The number of hydrogen-bond donors (Lipinski definition) is 0. The lowest BCUT2D eigenvalue weighted by molar-refractivity contribution is -0.140. The Morgan fingerprint density at radius 3 is 2.31 bits per heavy atom. The topological polar surface area (TPSA) is 29.5 Å². The summed E-state index contributed by atoms with van der Waals surface area (Å²) in [5.74, 6) is -0.101. The minimum Gasteiger partial charge on any atom is -0.469 e. The average molecular weight is 229 g/mol. The normalized spacial score (nSPS) is 10.8. The second-order valence-corrected chi connectivity index (χ2v) is 4.40.